The first-order chi connectivity index (χ1) is 26.0. The van der Waals surface area contributed by atoms with Crippen molar-refractivity contribution in [2.45, 2.75) is 172 Å². The predicted octanol–water partition coefficient (Wildman–Crippen LogP) is 1.34. The van der Waals surface area contributed by atoms with Gasteiger partial charge in [0.2, 0.25) is 0 Å². The van der Waals surface area contributed by atoms with Crippen LogP contribution in [0.5, 0.6) is 0 Å². The number of hydrogen-bond donors (Lipinski definition) is 8. The molecule has 8 N–H and O–H groups in total. The van der Waals surface area contributed by atoms with Crippen LogP contribution in [0.25, 0.3) is 0 Å². The van der Waals surface area contributed by atoms with Gasteiger partial charge < -0.3 is 69.3 Å². The SMILES string of the molecule is COC1COC(OC2C(OCCC(CCC(C)C3CC(O)C4C3(C)CCC3C5(C)CCC(O)C(O)C5C(O)CC34O)C(C)C)OC(CO)C2O)C(OC)C1O. The molecule has 0 radical (unpaired) electrons. The summed E-state index contributed by atoms with van der Waals surface area (Å²) in [5, 5.41) is 88.9. The minimum absolute atomic E-state index is 0.0656. The first-order valence-corrected chi connectivity index (χ1v) is 21.0. The van der Waals surface area contributed by atoms with Gasteiger partial charge in [-0.2, -0.15) is 0 Å². The Kier molecular flexibility index (Phi) is 13.8. The second-order valence-electron chi connectivity index (χ2n) is 19.1. The van der Waals surface area contributed by atoms with E-state index in [1.165, 1.54) is 14.2 Å². The van der Waals surface area contributed by atoms with Gasteiger partial charge in [0.1, 0.15) is 36.6 Å². The van der Waals surface area contributed by atoms with Gasteiger partial charge in [-0.15, -0.1) is 0 Å². The van der Waals surface area contributed by atoms with E-state index in [0.717, 1.165) is 32.1 Å². The van der Waals surface area contributed by atoms with Crippen LogP contribution < -0.4 is 0 Å². The largest absolute Gasteiger partial charge is 0.394 e. The molecule has 21 unspecified atom stereocenters. The maximum atomic E-state index is 12.7. The average molecular weight is 789 g/mol. The van der Waals surface area contributed by atoms with Gasteiger partial charge in [0.05, 0.1) is 49.8 Å². The highest BCUT2D eigenvalue weighted by Crippen LogP contribution is 2.70. The van der Waals surface area contributed by atoms with Gasteiger partial charge in [-0.3, -0.25) is 0 Å². The van der Waals surface area contributed by atoms with Crippen molar-refractivity contribution in [1.29, 1.82) is 0 Å². The van der Waals surface area contributed by atoms with Gasteiger partial charge in [0.25, 0.3) is 0 Å². The zero-order valence-electron chi connectivity index (χ0n) is 34.0. The second kappa shape index (κ2) is 17.2. The highest BCUT2D eigenvalue weighted by atomic mass is 16.8. The molecule has 0 aromatic carbocycles. The Labute approximate surface area is 326 Å². The van der Waals surface area contributed by atoms with Crippen molar-refractivity contribution < 1.29 is 69.3 Å². The Morgan fingerprint density at radius 2 is 1.49 bits per heavy atom. The van der Waals surface area contributed by atoms with Crippen LogP contribution in [0.4, 0.5) is 0 Å². The molecule has 0 amide bonds. The van der Waals surface area contributed by atoms with E-state index in [9.17, 15) is 40.9 Å². The number of rotatable bonds is 14. The monoisotopic (exact) mass is 788 g/mol. The van der Waals surface area contributed by atoms with E-state index < -0.39 is 97.2 Å². The Morgan fingerprint density at radius 1 is 0.782 bits per heavy atom. The molecule has 0 spiro atoms. The summed E-state index contributed by atoms with van der Waals surface area (Å²) in [4.78, 5) is 0. The van der Waals surface area contributed by atoms with Crippen LogP contribution in [-0.4, -0.2) is 154 Å². The van der Waals surface area contributed by atoms with Crippen LogP contribution in [0, 0.1) is 52.3 Å². The summed E-state index contributed by atoms with van der Waals surface area (Å²) in [7, 11) is 2.90. The molecule has 4 saturated carbocycles. The van der Waals surface area contributed by atoms with E-state index in [1.807, 2.05) is 0 Å². The Morgan fingerprint density at radius 3 is 2.15 bits per heavy atom. The Bertz CT molecular complexity index is 1260. The molecule has 0 aromatic heterocycles. The predicted molar refractivity (Wildman–Crippen MR) is 198 cm³/mol. The lowest BCUT2D eigenvalue weighted by molar-refractivity contribution is -0.309. The normalized spacial score (nSPS) is 51.1. The topological polar surface area (TPSA) is 217 Å². The smallest absolute Gasteiger partial charge is 0.187 e. The highest BCUT2D eigenvalue weighted by Gasteiger charge is 2.71. The molecule has 0 bridgehead atoms. The number of hydrogen-bond acceptors (Lipinski definition) is 14. The minimum atomic E-state index is -1.27. The van der Waals surface area contributed by atoms with Gasteiger partial charge in [0.15, 0.2) is 12.6 Å². The Balaban J connectivity index is 1.07. The van der Waals surface area contributed by atoms with Gasteiger partial charge in [-0.25, -0.2) is 0 Å². The van der Waals surface area contributed by atoms with Gasteiger partial charge in [-0.05, 0) is 85.4 Å². The third-order valence-corrected chi connectivity index (χ3v) is 15.9. The number of aliphatic hydroxyl groups is 8. The summed E-state index contributed by atoms with van der Waals surface area (Å²) >= 11 is 0. The zero-order chi connectivity index (χ0) is 40.2. The first kappa shape index (κ1) is 44.0. The van der Waals surface area contributed by atoms with Gasteiger partial charge in [0, 0.05) is 32.5 Å². The highest BCUT2D eigenvalue weighted by molar-refractivity contribution is 5.21. The molecule has 2 heterocycles. The number of aliphatic hydroxyl groups excluding tert-OH is 7. The molecular formula is C41H72O14. The first-order valence-electron chi connectivity index (χ1n) is 21.0. The fourth-order valence-corrected chi connectivity index (χ4v) is 13.0. The molecule has 2 saturated heterocycles. The lowest BCUT2D eigenvalue weighted by Gasteiger charge is -2.66. The number of methoxy groups -OCH3 is 2. The van der Waals surface area contributed by atoms with Gasteiger partial charge >= 0.3 is 0 Å². The minimum Gasteiger partial charge on any atom is -0.394 e. The third kappa shape index (κ3) is 7.82. The molecule has 6 rings (SSSR count). The molecular weight excluding hydrogens is 716 g/mol. The lowest BCUT2D eigenvalue weighted by atomic mass is 9.41. The molecule has 14 nitrogen and oxygen atoms in total. The summed E-state index contributed by atoms with van der Waals surface area (Å²) in [6.07, 6.45) is -5.27. The molecule has 4 aliphatic carbocycles. The van der Waals surface area contributed by atoms with Crippen LogP contribution in [0.3, 0.4) is 0 Å². The molecule has 21 atom stereocenters. The summed E-state index contributed by atoms with van der Waals surface area (Å²) in [5.74, 6) is 0.0195. The molecule has 6 aliphatic rings. The van der Waals surface area contributed by atoms with E-state index in [2.05, 4.69) is 34.6 Å². The van der Waals surface area contributed by atoms with E-state index in [4.69, 9.17) is 28.4 Å². The summed E-state index contributed by atoms with van der Waals surface area (Å²) in [6.45, 7) is 10.9. The second-order valence-corrected chi connectivity index (χ2v) is 19.1. The summed E-state index contributed by atoms with van der Waals surface area (Å²) < 4.78 is 34.7. The van der Waals surface area contributed by atoms with E-state index >= 15 is 0 Å². The third-order valence-electron chi connectivity index (χ3n) is 15.9. The van der Waals surface area contributed by atoms with Crippen molar-refractivity contribution in [1.82, 2.24) is 0 Å². The van der Waals surface area contributed by atoms with E-state index in [1.54, 1.807) is 0 Å². The van der Waals surface area contributed by atoms with Crippen LogP contribution in [0.15, 0.2) is 0 Å². The summed E-state index contributed by atoms with van der Waals surface area (Å²) in [5.41, 5.74) is -2.13. The summed E-state index contributed by atoms with van der Waals surface area (Å²) in [6, 6.07) is 0. The molecule has 2 aliphatic heterocycles. The number of ether oxygens (including phenoxy) is 6. The maximum Gasteiger partial charge on any atom is 0.187 e. The van der Waals surface area contributed by atoms with Crippen molar-refractivity contribution in [2.24, 2.45) is 52.3 Å². The van der Waals surface area contributed by atoms with Crippen molar-refractivity contribution >= 4 is 0 Å². The van der Waals surface area contributed by atoms with E-state index in [-0.39, 0.29) is 42.1 Å². The van der Waals surface area contributed by atoms with Crippen molar-refractivity contribution in [2.75, 3.05) is 34.0 Å². The van der Waals surface area contributed by atoms with Crippen LogP contribution in [-0.2, 0) is 28.4 Å². The standard InChI is InChI=1S/C41H72O14/c1-20(2)22(12-15-52-38-35(32(47)27(18-42)54-38)55-37-34(51-7)33(48)28(50-6)19-53-37)9-8-21(3)23-16-25(44)36-39(23,4)14-11-29-40(5)13-10-24(43)31(46)30(40)26(45)17-41(29,36)49/h20-38,42-49H,8-19H2,1-7H3. The van der Waals surface area contributed by atoms with Crippen molar-refractivity contribution in [3.8, 4) is 0 Å². The molecule has 0 aromatic rings. The Hall–Kier alpha value is -0.560. The molecule has 55 heavy (non-hydrogen) atoms. The van der Waals surface area contributed by atoms with Crippen LogP contribution >= 0.6 is 0 Å². The number of fused-ring (bicyclic) bond motifs is 5. The molecule has 6 fully saturated rings. The van der Waals surface area contributed by atoms with Crippen LogP contribution in [0.1, 0.15) is 92.4 Å². The van der Waals surface area contributed by atoms with Gasteiger partial charge in [-0.1, -0.05) is 41.0 Å². The average Bonchev–Trinajstić information content (AvgIpc) is 3.59. The lowest BCUT2D eigenvalue weighted by Crippen LogP contribution is -2.70. The molecule has 320 valence electrons. The van der Waals surface area contributed by atoms with Crippen molar-refractivity contribution in [3.63, 3.8) is 0 Å². The fraction of sp³-hybridized carbons (Fsp3) is 1.00. The van der Waals surface area contributed by atoms with E-state index in [0.29, 0.717) is 37.7 Å². The fourth-order valence-electron chi connectivity index (χ4n) is 13.0. The molecule has 14 heteroatoms. The maximum absolute atomic E-state index is 12.7. The quantitative estimate of drug-likeness (QED) is 0.125. The van der Waals surface area contributed by atoms with Crippen molar-refractivity contribution in [3.05, 3.63) is 0 Å². The zero-order valence-corrected chi connectivity index (χ0v) is 34.0. The van der Waals surface area contributed by atoms with Crippen LogP contribution in [0.2, 0.25) is 0 Å².